The second-order valence-corrected chi connectivity index (χ2v) is 5.44. The van der Waals surface area contributed by atoms with Crippen molar-refractivity contribution in [3.63, 3.8) is 0 Å². The number of anilines is 1. The van der Waals surface area contributed by atoms with E-state index in [9.17, 15) is 4.79 Å². The van der Waals surface area contributed by atoms with Gasteiger partial charge >= 0.3 is 0 Å². The third-order valence-corrected chi connectivity index (χ3v) is 3.19. The summed E-state index contributed by atoms with van der Waals surface area (Å²) in [4.78, 5) is 20.2. The topological polar surface area (TPSA) is 76.1 Å². The molecule has 1 aromatic carbocycles. The van der Waals surface area contributed by atoms with Crippen LogP contribution in [0.5, 0.6) is 5.75 Å². The highest BCUT2D eigenvalue weighted by Crippen LogP contribution is 2.11. The van der Waals surface area contributed by atoms with E-state index in [2.05, 4.69) is 20.6 Å². The number of aromatic nitrogens is 2. The van der Waals surface area contributed by atoms with E-state index in [1.165, 1.54) is 6.33 Å². The lowest BCUT2D eigenvalue weighted by Gasteiger charge is -2.10. The van der Waals surface area contributed by atoms with Crippen LogP contribution in [-0.2, 0) is 6.42 Å². The molecule has 0 fully saturated rings. The molecule has 6 nitrogen and oxygen atoms in total. The van der Waals surface area contributed by atoms with Gasteiger partial charge in [-0.3, -0.25) is 4.79 Å². The molecule has 0 bridgehead atoms. The molecule has 0 saturated carbocycles. The highest BCUT2D eigenvalue weighted by atomic mass is 16.5. The molecule has 0 aliphatic rings. The van der Waals surface area contributed by atoms with Crippen LogP contribution in [0.25, 0.3) is 0 Å². The molecule has 0 unspecified atom stereocenters. The van der Waals surface area contributed by atoms with Crippen LogP contribution in [0.4, 0.5) is 5.82 Å². The Kier molecular flexibility index (Phi) is 5.91. The zero-order valence-corrected chi connectivity index (χ0v) is 13.7. The summed E-state index contributed by atoms with van der Waals surface area (Å²) in [7, 11) is 1.64. The van der Waals surface area contributed by atoms with Gasteiger partial charge in [-0.25, -0.2) is 9.97 Å². The van der Waals surface area contributed by atoms with Crippen molar-refractivity contribution in [3.8, 4) is 5.75 Å². The van der Waals surface area contributed by atoms with Gasteiger partial charge in [-0.15, -0.1) is 0 Å². The Morgan fingerprint density at radius 2 is 1.96 bits per heavy atom. The molecular weight excluding hydrogens is 292 g/mol. The highest BCUT2D eigenvalue weighted by molar-refractivity contribution is 5.92. The minimum Gasteiger partial charge on any atom is -0.497 e. The minimum absolute atomic E-state index is 0.201. The quantitative estimate of drug-likeness (QED) is 0.820. The van der Waals surface area contributed by atoms with E-state index in [0.29, 0.717) is 18.1 Å². The third-order valence-electron chi connectivity index (χ3n) is 3.19. The van der Waals surface area contributed by atoms with Crippen molar-refractivity contribution in [2.24, 2.45) is 0 Å². The van der Waals surface area contributed by atoms with E-state index < -0.39 is 0 Å². The van der Waals surface area contributed by atoms with Crippen LogP contribution in [0.1, 0.15) is 29.9 Å². The Labute approximate surface area is 136 Å². The molecule has 0 atom stereocenters. The number of hydrogen-bond donors (Lipinski definition) is 2. The first-order valence-corrected chi connectivity index (χ1v) is 7.58. The Morgan fingerprint density at radius 3 is 2.61 bits per heavy atom. The van der Waals surface area contributed by atoms with Crippen LogP contribution >= 0.6 is 0 Å². The first kappa shape index (κ1) is 16.7. The molecular formula is C17H22N4O2. The van der Waals surface area contributed by atoms with Crippen LogP contribution in [0.15, 0.2) is 36.7 Å². The van der Waals surface area contributed by atoms with E-state index in [4.69, 9.17) is 4.74 Å². The summed E-state index contributed by atoms with van der Waals surface area (Å²) in [5, 5.41) is 6.02. The van der Waals surface area contributed by atoms with Crippen molar-refractivity contribution in [3.05, 3.63) is 47.9 Å². The first-order chi connectivity index (χ1) is 11.1. The van der Waals surface area contributed by atoms with Gasteiger partial charge in [0.2, 0.25) is 0 Å². The van der Waals surface area contributed by atoms with Crippen molar-refractivity contribution in [2.45, 2.75) is 26.3 Å². The van der Waals surface area contributed by atoms with Crippen LogP contribution in [0.2, 0.25) is 0 Å². The molecule has 1 heterocycles. The monoisotopic (exact) mass is 314 g/mol. The fourth-order valence-electron chi connectivity index (χ4n) is 2.06. The van der Waals surface area contributed by atoms with Gasteiger partial charge in [0.25, 0.3) is 5.91 Å². The van der Waals surface area contributed by atoms with Gasteiger partial charge < -0.3 is 15.4 Å². The number of amides is 1. The third kappa shape index (κ3) is 5.25. The molecule has 1 amide bonds. The van der Waals surface area contributed by atoms with Gasteiger partial charge in [-0.2, -0.15) is 0 Å². The molecule has 2 N–H and O–H groups in total. The molecule has 6 heteroatoms. The maximum Gasteiger partial charge on any atom is 0.270 e. The summed E-state index contributed by atoms with van der Waals surface area (Å²) < 4.78 is 5.12. The van der Waals surface area contributed by atoms with Gasteiger partial charge in [0, 0.05) is 18.7 Å². The lowest BCUT2D eigenvalue weighted by Crippen LogP contribution is -2.27. The standard InChI is InChI=1S/C17H22N4O2/c1-12(2)21-16-10-15(19-11-20-16)17(22)18-9-8-13-4-6-14(23-3)7-5-13/h4-7,10-12H,8-9H2,1-3H3,(H,18,22)(H,19,20,21). The maximum absolute atomic E-state index is 12.1. The van der Waals surface area contributed by atoms with Crippen molar-refractivity contribution in [1.82, 2.24) is 15.3 Å². The Morgan fingerprint density at radius 1 is 1.22 bits per heavy atom. The number of nitrogens with one attached hydrogen (secondary N) is 2. The average molecular weight is 314 g/mol. The summed E-state index contributed by atoms with van der Waals surface area (Å²) in [5.41, 5.74) is 1.49. The predicted molar refractivity (Wildman–Crippen MR) is 89.8 cm³/mol. The van der Waals surface area contributed by atoms with Gasteiger partial charge in [0.1, 0.15) is 23.6 Å². The van der Waals surface area contributed by atoms with Gasteiger partial charge in [0.05, 0.1) is 7.11 Å². The minimum atomic E-state index is -0.201. The number of rotatable bonds is 7. The molecule has 0 spiro atoms. The Balaban J connectivity index is 1.86. The van der Waals surface area contributed by atoms with Crippen molar-refractivity contribution in [1.29, 1.82) is 0 Å². The van der Waals surface area contributed by atoms with Crippen molar-refractivity contribution < 1.29 is 9.53 Å². The summed E-state index contributed by atoms with van der Waals surface area (Å²) in [6.07, 6.45) is 2.14. The number of benzene rings is 1. The van der Waals surface area contributed by atoms with E-state index in [1.54, 1.807) is 13.2 Å². The van der Waals surface area contributed by atoms with Crippen LogP contribution < -0.4 is 15.4 Å². The second kappa shape index (κ2) is 8.12. The summed E-state index contributed by atoms with van der Waals surface area (Å²) in [6.45, 7) is 4.57. The molecule has 0 aliphatic carbocycles. The first-order valence-electron chi connectivity index (χ1n) is 7.58. The fourth-order valence-corrected chi connectivity index (χ4v) is 2.06. The molecule has 2 rings (SSSR count). The van der Waals surface area contributed by atoms with Crippen molar-refractivity contribution >= 4 is 11.7 Å². The SMILES string of the molecule is COc1ccc(CCNC(=O)c2cc(NC(C)C)ncn2)cc1. The predicted octanol–water partition coefficient (Wildman–Crippen LogP) is 2.28. The van der Waals surface area contributed by atoms with E-state index >= 15 is 0 Å². The van der Waals surface area contributed by atoms with Crippen LogP contribution in [0.3, 0.4) is 0 Å². The maximum atomic E-state index is 12.1. The summed E-state index contributed by atoms with van der Waals surface area (Å²) in [6, 6.07) is 9.69. The number of methoxy groups -OCH3 is 1. The smallest absolute Gasteiger partial charge is 0.270 e. The molecule has 122 valence electrons. The second-order valence-electron chi connectivity index (χ2n) is 5.44. The van der Waals surface area contributed by atoms with Crippen LogP contribution in [0, 0.1) is 0 Å². The number of nitrogens with zero attached hydrogens (tertiary/aromatic N) is 2. The highest BCUT2D eigenvalue weighted by Gasteiger charge is 2.08. The number of carbonyl (C=O) groups excluding carboxylic acids is 1. The average Bonchev–Trinajstić information content (AvgIpc) is 2.55. The number of carbonyl (C=O) groups is 1. The molecule has 0 aliphatic heterocycles. The molecule has 0 radical (unpaired) electrons. The molecule has 1 aromatic heterocycles. The van der Waals surface area contributed by atoms with Crippen LogP contribution in [-0.4, -0.2) is 35.6 Å². The summed E-state index contributed by atoms with van der Waals surface area (Å²) in [5.74, 6) is 1.27. The molecule has 2 aromatic rings. The van der Waals surface area contributed by atoms with Gasteiger partial charge in [-0.05, 0) is 38.0 Å². The zero-order chi connectivity index (χ0) is 16.7. The fraction of sp³-hybridized carbons (Fsp3) is 0.353. The zero-order valence-electron chi connectivity index (χ0n) is 13.7. The van der Waals surface area contributed by atoms with Gasteiger partial charge in [0.15, 0.2) is 0 Å². The number of ether oxygens (including phenoxy) is 1. The van der Waals surface area contributed by atoms with E-state index in [0.717, 1.165) is 17.7 Å². The number of hydrogen-bond acceptors (Lipinski definition) is 5. The van der Waals surface area contributed by atoms with Gasteiger partial charge in [-0.1, -0.05) is 12.1 Å². The lowest BCUT2D eigenvalue weighted by atomic mass is 10.1. The molecule has 23 heavy (non-hydrogen) atoms. The van der Waals surface area contributed by atoms with Crippen molar-refractivity contribution in [2.75, 3.05) is 19.0 Å². The Bertz CT molecular complexity index is 641. The lowest BCUT2D eigenvalue weighted by molar-refractivity contribution is 0.0949. The summed E-state index contributed by atoms with van der Waals surface area (Å²) >= 11 is 0. The van der Waals surface area contributed by atoms with E-state index in [1.807, 2.05) is 38.1 Å². The van der Waals surface area contributed by atoms with E-state index in [-0.39, 0.29) is 11.9 Å². The largest absolute Gasteiger partial charge is 0.497 e. The normalized spacial score (nSPS) is 10.4. The molecule has 0 saturated heterocycles. The Hall–Kier alpha value is -2.63.